The second-order valence-electron chi connectivity index (χ2n) is 4.03. The maximum Gasteiger partial charge on any atom is 0.0406 e. The second kappa shape index (κ2) is 5.74. The van der Waals surface area contributed by atoms with Crippen molar-refractivity contribution in [3.05, 3.63) is 64.7 Å². The Bertz CT molecular complexity index is 477. The van der Waals surface area contributed by atoms with Crippen molar-refractivity contribution in [3.63, 3.8) is 0 Å². The number of hydrogen-bond donors (Lipinski definition) is 1. The van der Waals surface area contributed by atoms with Gasteiger partial charge in [-0.2, -0.15) is 0 Å². The first-order valence-electron chi connectivity index (χ1n) is 5.85. The molecule has 2 aromatic rings. The van der Waals surface area contributed by atoms with E-state index in [0.717, 1.165) is 18.0 Å². The molecule has 2 rings (SSSR count). The molecule has 17 heavy (non-hydrogen) atoms. The number of anilines is 1. The Morgan fingerprint density at radius 2 is 1.76 bits per heavy atom. The zero-order valence-corrected chi connectivity index (χ0v) is 10.7. The van der Waals surface area contributed by atoms with Crippen LogP contribution in [0.4, 0.5) is 5.69 Å². The SMILES string of the molecule is CCc1cccc(NCc2ccc(Cl)cc2)c1. The molecule has 0 saturated heterocycles. The third-order valence-corrected chi connectivity index (χ3v) is 3.00. The van der Waals surface area contributed by atoms with Crippen LogP contribution in [0.25, 0.3) is 0 Å². The number of aryl methyl sites for hydroxylation is 1. The predicted molar refractivity (Wildman–Crippen MR) is 74.6 cm³/mol. The van der Waals surface area contributed by atoms with Crippen LogP contribution in [0.2, 0.25) is 5.02 Å². The molecule has 0 spiro atoms. The maximum absolute atomic E-state index is 5.85. The van der Waals surface area contributed by atoms with Gasteiger partial charge in [-0.1, -0.05) is 42.8 Å². The number of nitrogens with one attached hydrogen (secondary N) is 1. The van der Waals surface area contributed by atoms with E-state index in [1.54, 1.807) is 0 Å². The van der Waals surface area contributed by atoms with Crippen LogP contribution in [-0.4, -0.2) is 0 Å². The van der Waals surface area contributed by atoms with Crippen molar-refractivity contribution in [1.29, 1.82) is 0 Å². The normalized spacial score (nSPS) is 10.2. The highest BCUT2D eigenvalue weighted by Gasteiger charge is 1.95. The van der Waals surface area contributed by atoms with Crippen molar-refractivity contribution in [2.45, 2.75) is 19.9 Å². The molecule has 0 aliphatic heterocycles. The Labute approximate surface area is 107 Å². The van der Waals surface area contributed by atoms with Gasteiger partial charge in [0.05, 0.1) is 0 Å². The lowest BCUT2D eigenvalue weighted by molar-refractivity contribution is 1.12. The molecule has 2 heteroatoms. The number of rotatable bonds is 4. The number of benzene rings is 2. The van der Waals surface area contributed by atoms with E-state index in [-0.39, 0.29) is 0 Å². The van der Waals surface area contributed by atoms with Gasteiger partial charge in [-0.3, -0.25) is 0 Å². The zero-order valence-electron chi connectivity index (χ0n) is 9.91. The van der Waals surface area contributed by atoms with Crippen molar-refractivity contribution in [3.8, 4) is 0 Å². The van der Waals surface area contributed by atoms with Gasteiger partial charge in [-0.05, 0) is 41.8 Å². The summed E-state index contributed by atoms with van der Waals surface area (Å²) in [4.78, 5) is 0. The van der Waals surface area contributed by atoms with Crippen LogP contribution < -0.4 is 5.32 Å². The molecule has 88 valence electrons. The molecular formula is C15H16ClN. The smallest absolute Gasteiger partial charge is 0.0406 e. The van der Waals surface area contributed by atoms with E-state index >= 15 is 0 Å². The quantitative estimate of drug-likeness (QED) is 0.836. The van der Waals surface area contributed by atoms with Gasteiger partial charge in [0.15, 0.2) is 0 Å². The van der Waals surface area contributed by atoms with E-state index in [0.29, 0.717) is 0 Å². The molecule has 0 amide bonds. The zero-order chi connectivity index (χ0) is 12.1. The molecule has 1 N–H and O–H groups in total. The molecule has 0 aliphatic rings. The molecule has 0 heterocycles. The van der Waals surface area contributed by atoms with Crippen molar-refractivity contribution in [2.75, 3.05) is 5.32 Å². The van der Waals surface area contributed by atoms with E-state index in [1.165, 1.54) is 16.8 Å². The summed E-state index contributed by atoms with van der Waals surface area (Å²) >= 11 is 5.85. The topological polar surface area (TPSA) is 12.0 Å². The monoisotopic (exact) mass is 245 g/mol. The highest BCUT2D eigenvalue weighted by molar-refractivity contribution is 6.30. The van der Waals surface area contributed by atoms with Gasteiger partial charge in [0.2, 0.25) is 0 Å². The molecule has 0 aliphatic carbocycles. The van der Waals surface area contributed by atoms with Gasteiger partial charge in [-0.25, -0.2) is 0 Å². The van der Waals surface area contributed by atoms with Crippen molar-refractivity contribution >= 4 is 17.3 Å². The van der Waals surface area contributed by atoms with Crippen LogP contribution in [0.5, 0.6) is 0 Å². The molecule has 0 fully saturated rings. The van der Waals surface area contributed by atoms with Crippen LogP contribution in [0.1, 0.15) is 18.1 Å². The summed E-state index contributed by atoms with van der Waals surface area (Å²) in [5.41, 5.74) is 3.75. The van der Waals surface area contributed by atoms with Crippen molar-refractivity contribution in [2.24, 2.45) is 0 Å². The van der Waals surface area contributed by atoms with Gasteiger partial charge in [0.1, 0.15) is 0 Å². The number of halogens is 1. The highest BCUT2D eigenvalue weighted by Crippen LogP contribution is 2.14. The Hall–Kier alpha value is -1.47. The van der Waals surface area contributed by atoms with Gasteiger partial charge < -0.3 is 5.32 Å². The first kappa shape index (κ1) is 12.0. The lowest BCUT2D eigenvalue weighted by Gasteiger charge is -2.08. The Morgan fingerprint density at radius 3 is 2.47 bits per heavy atom. The fourth-order valence-corrected chi connectivity index (χ4v) is 1.83. The second-order valence-corrected chi connectivity index (χ2v) is 4.47. The van der Waals surface area contributed by atoms with Crippen LogP contribution in [-0.2, 0) is 13.0 Å². The van der Waals surface area contributed by atoms with Crippen LogP contribution in [0, 0.1) is 0 Å². The first-order chi connectivity index (χ1) is 8.28. The molecule has 0 radical (unpaired) electrons. The summed E-state index contributed by atoms with van der Waals surface area (Å²) in [6.45, 7) is 2.99. The molecule has 0 unspecified atom stereocenters. The average molecular weight is 246 g/mol. The van der Waals surface area contributed by atoms with E-state index < -0.39 is 0 Å². The molecule has 1 nitrogen and oxygen atoms in total. The lowest BCUT2D eigenvalue weighted by atomic mass is 10.1. The van der Waals surface area contributed by atoms with Crippen LogP contribution in [0.15, 0.2) is 48.5 Å². The standard InChI is InChI=1S/C15H16ClN/c1-2-12-4-3-5-15(10-12)17-11-13-6-8-14(16)9-7-13/h3-10,17H,2,11H2,1H3. The lowest BCUT2D eigenvalue weighted by Crippen LogP contribution is -1.99. The Morgan fingerprint density at radius 1 is 1.00 bits per heavy atom. The molecule has 0 saturated carbocycles. The third-order valence-electron chi connectivity index (χ3n) is 2.75. The minimum absolute atomic E-state index is 0.779. The predicted octanol–water partition coefficient (Wildman–Crippen LogP) is 4.51. The first-order valence-corrected chi connectivity index (χ1v) is 6.23. The Kier molecular flexibility index (Phi) is 4.05. The van der Waals surface area contributed by atoms with E-state index in [1.807, 2.05) is 24.3 Å². The molecule has 2 aromatic carbocycles. The van der Waals surface area contributed by atoms with Gasteiger partial charge in [0.25, 0.3) is 0 Å². The summed E-state index contributed by atoms with van der Waals surface area (Å²) in [6.07, 6.45) is 1.07. The van der Waals surface area contributed by atoms with Crippen molar-refractivity contribution in [1.82, 2.24) is 0 Å². The summed E-state index contributed by atoms with van der Waals surface area (Å²) in [6, 6.07) is 16.4. The number of hydrogen-bond acceptors (Lipinski definition) is 1. The minimum atomic E-state index is 0.779. The van der Waals surface area contributed by atoms with Crippen molar-refractivity contribution < 1.29 is 0 Å². The average Bonchev–Trinajstić information content (AvgIpc) is 2.38. The molecule has 0 atom stereocenters. The van der Waals surface area contributed by atoms with Crippen LogP contribution >= 0.6 is 11.6 Å². The van der Waals surface area contributed by atoms with Gasteiger partial charge >= 0.3 is 0 Å². The fourth-order valence-electron chi connectivity index (χ4n) is 1.71. The maximum atomic E-state index is 5.85. The van der Waals surface area contributed by atoms with E-state index in [9.17, 15) is 0 Å². The van der Waals surface area contributed by atoms with Gasteiger partial charge in [-0.15, -0.1) is 0 Å². The highest BCUT2D eigenvalue weighted by atomic mass is 35.5. The largest absolute Gasteiger partial charge is 0.381 e. The molecule has 0 aromatic heterocycles. The fraction of sp³-hybridized carbons (Fsp3) is 0.200. The summed E-state index contributed by atoms with van der Waals surface area (Å²) in [7, 11) is 0. The minimum Gasteiger partial charge on any atom is -0.381 e. The summed E-state index contributed by atoms with van der Waals surface area (Å²) in [5, 5.41) is 4.19. The summed E-state index contributed by atoms with van der Waals surface area (Å²) in [5.74, 6) is 0. The van der Waals surface area contributed by atoms with Crippen LogP contribution in [0.3, 0.4) is 0 Å². The van der Waals surface area contributed by atoms with E-state index in [2.05, 4.69) is 36.5 Å². The van der Waals surface area contributed by atoms with Gasteiger partial charge in [0, 0.05) is 17.3 Å². The molecule has 0 bridgehead atoms. The third kappa shape index (κ3) is 3.50. The summed E-state index contributed by atoms with van der Waals surface area (Å²) < 4.78 is 0. The van der Waals surface area contributed by atoms with E-state index in [4.69, 9.17) is 11.6 Å². The molecular weight excluding hydrogens is 230 g/mol. The Balaban J connectivity index is 1.99.